The van der Waals surface area contributed by atoms with Gasteiger partial charge in [-0.3, -0.25) is 10.0 Å². The molecule has 2 aromatic heterocycles. The average molecular weight is 355 g/mol. The van der Waals surface area contributed by atoms with Crippen LogP contribution in [0.3, 0.4) is 0 Å². The number of benzene rings is 1. The number of pyridine rings is 2. The van der Waals surface area contributed by atoms with E-state index in [4.69, 9.17) is 19.4 Å². The minimum absolute atomic E-state index is 0.472. The third-order valence-corrected chi connectivity index (χ3v) is 3.74. The largest absolute Gasteiger partial charge is 0.481 e. The highest BCUT2D eigenvalue weighted by Gasteiger charge is 2.19. The number of nitrogens with zero attached hydrogens (tertiary/aromatic N) is 2. The summed E-state index contributed by atoms with van der Waals surface area (Å²) in [5.41, 5.74) is 2.67. The van der Waals surface area contributed by atoms with Gasteiger partial charge in [0.25, 0.3) is 5.91 Å². The average Bonchev–Trinajstić information content (AvgIpc) is 2.69. The smallest absolute Gasteiger partial charge is 0.277 e. The standard InChI is InChI=1S/C18H17N3O5/c1-24-15-8-7-13-14(9-10-19-17(13)20-15)26-12-5-3-11(4-6-12)16(25-2)18(22)21-23/h3-10,16,23H,1-2H3,(H,21,22). The molecule has 1 amide bonds. The zero-order valence-corrected chi connectivity index (χ0v) is 14.2. The molecule has 0 aliphatic carbocycles. The van der Waals surface area contributed by atoms with E-state index >= 15 is 0 Å². The van der Waals surface area contributed by atoms with Crippen molar-refractivity contribution in [2.45, 2.75) is 6.10 Å². The lowest BCUT2D eigenvalue weighted by atomic mass is 10.1. The quantitative estimate of drug-likeness (QED) is 0.517. The molecule has 1 unspecified atom stereocenters. The highest BCUT2D eigenvalue weighted by Crippen LogP contribution is 2.30. The van der Waals surface area contributed by atoms with E-state index in [1.807, 2.05) is 6.07 Å². The first-order chi connectivity index (χ1) is 12.7. The van der Waals surface area contributed by atoms with Crippen molar-refractivity contribution < 1.29 is 24.2 Å². The second-order valence-electron chi connectivity index (χ2n) is 5.30. The van der Waals surface area contributed by atoms with Gasteiger partial charge in [-0.25, -0.2) is 10.5 Å². The Labute approximate surface area is 149 Å². The predicted molar refractivity (Wildman–Crippen MR) is 92.3 cm³/mol. The Balaban J connectivity index is 1.85. The molecule has 1 aromatic carbocycles. The van der Waals surface area contributed by atoms with E-state index in [1.54, 1.807) is 55.2 Å². The number of carbonyl (C=O) groups excluding carboxylic acids is 1. The highest BCUT2D eigenvalue weighted by molar-refractivity contribution is 5.82. The Morgan fingerprint density at radius 1 is 1.12 bits per heavy atom. The van der Waals surface area contributed by atoms with Crippen LogP contribution in [0.2, 0.25) is 0 Å². The molecule has 0 aliphatic rings. The minimum atomic E-state index is -0.910. The lowest BCUT2D eigenvalue weighted by Gasteiger charge is -2.14. The fourth-order valence-electron chi connectivity index (χ4n) is 2.48. The number of carbonyl (C=O) groups is 1. The molecule has 1 atom stereocenters. The Hall–Kier alpha value is -3.23. The van der Waals surface area contributed by atoms with Gasteiger partial charge >= 0.3 is 0 Å². The maximum atomic E-state index is 11.6. The van der Waals surface area contributed by atoms with E-state index < -0.39 is 12.0 Å². The number of ether oxygens (including phenoxy) is 3. The summed E-state index contributed by atoms with van der Waals surface area (Å²) in [4.78, 5) is 20.1. The molecule has 2 N–H and O–H groups in total. The van der Waals surface area contributed by atoms with Crippen molar-refractivity contribution in [3.05, 3.63) is 54.2 Å². The molecule has 134 valence electrons. The van der Waals surface area contributed by atoms with Gasteiger partial charge in [-0.2, -0.15) is 4.98 Å². The first kappa shape index (κ1) is 17.6. The maximum absolute atomic E-state index is 11.6. The Morgan fingerprint density at radius 2 is 1.88 bits per heavy atom. The van der Waals surface area contributed by atoms with Crippen molar-refractivity contribution in [1.82, 2.24) is 15.4 Å². The minimum Gasteiger partial charge on any atom is -0.481 e. The molecule has 0 radical (unpaired) electrons. The Bertz CT molecular complexity index is 914. The second-order valence-corrected chi connectivity index (χ2v) is 5.30. The molecule has 8 heteroatoms. The topological polar surface area (TPSA) is 103 Å². The SMILES string of the molecule is COc1ccc2c(Oc3ccc(C(OC)C(=O)NO)cc3)ccnc2n1. The van der Waals surface area contributed by atoms with Gasteiger partial charge in [-0.15, -0.1) is 0 Å². The number of rotatable bonds is 6. The first-order valence-electron chi connectivity index (χ1n) is 7.70. The number of fused-ring (bicyclic) bond motifs is 1. The van der Waals surface area contributed by atoms with Gasteiger partial charge in [0, 0.05) is 19.4 Å². The van der Waals surface area contributed by atoms with E-state index in [1.165, 1.54) is 7.11 Å². The maximum Gasteiger partial charge on any atom is 0.277 e. The summed E-state index contributed by atoms with van der Waals surface area (Å²) in [7, 11) is 2.93. The van der Waals surface area contributed by atoms with Gasteiger partial charge in [0.1, 0.15) is 11.5 Å². The van der Waals surface area contributed by atoms with Crippen LogP contribution < -0.4 is 15.0 Å². The zero-order valence-electron chi connectivity index (χ0n) is 14.2. The number of hydroxylamine groups is 1. The van der Waals surface area contributed by atoms with Crippen LogP contribution in [-0.2, 0) is 9.53 Å². The van der Waals surface area contributed by atoms with Crippen molar-refractivity contribution in [3.63, 3.8) is 0 Å². The number of nitrogens with one attached hydrogen (secondary N) is 1. The summed E-state index contributed by atoms with van der Waals surface area (Å²) in [6, 6.07) is 12.1. The van der Waals surface area contributed by atoms with Crippen LogP contribution in [0.15, 0.2) is 48.7 Å². The van der Waals surface area contributed by atoms with Crippen LogP contribution in [0, 0.1) is 0 Å². The first-order valence-corrected chi connectivity index (χ1v) is 7.70. The third-order valence-electron chi connectivity index (χ3n) is 3.74. The molecule has 0 fully saturated rings. The van der Waals surface area contributed by atoms with Gasteiger partial charge in [0.15, 0.2) is 11.8 Å². The van der Waals surface area contributed by atoms with Crippen LogP contribution in [0.25, 0.3) is 11.0 Å². The fraction of sp³-hybridized carbons (Fsp3) is 0.167. The molecule has 8 nitrogen and oxygen atoms in total. The molecule has 0 spiro atoms. The predicted octanol–water partition coefficient (Wildman–Crippen LogP) is 2.62. The van der Waals surface area contributed by atoms with E-state index in [9.17, 15) is 4.79 Å². The van der Waals surface area contributed by atoms with E-state index in [0.29, 0.717) is 28.6 Å². The van der Waals surface area contributed by atoms with E-state index in [-0.39, 0.29) is 0 Å². The molecule has 26 heavy (non-hydrogen) atoms. The van der Waals surface area contributed by atoms with Crippen LogP contribution in [0.5, 0.6) is 17.4 Å². The fourth-order valence-corrected chi connectivity index (χ4v) is 2.48. The molecule has 0 saturated carbocycles. The van der Waals surface area contributed by atoms with Gasteiger partial charge in [0.2, 0.25) is 5.88 Å². The Morgan fingerprint density at radius 3 is 2.54 bits per heavy atom. The van der Waals surface area contributed by atoms with Crippen molar-refractivity contribution in [2.75, 3.05) is 14.2 Å². The second kappa shape index (κ2) is 7.77. The van der Waals surface area contributed by atoms with Crippen LogP contribution in [0.1, 0.15) is 11.7 Å². The number of aromatic nitrogens is 2. The van der Waals surface area contributed by atoms with Gasteiger partial charge in [-0.1, -0.05) is 12.1 Å². The monoisotopic (exact) mass is 355 g/mol. The molecule has 0 saturated heterocycles. The summed E-state index contributed by atoms with van der Waals surface area (Å²) < 4.78 is 16.1. The summed E-state index contributed by atoms with van der Waals surface area (Å²) in [6.45, 7) is 0. The van der Waals surface area contributed by atoms with Gasteiger partial charge in [0.05, 0.1) is 12.5 Å². The summed E-state index contributed by atoms with van der Waals surface area (Å²) in [6.07, 6.45) is 0.692. The van der Waals surface area contributed by atoms with Crippen molar-refractivity contribution in [2.24, 2.45) is 0 Å². The number of hydrogen-bond donors (Lipinski definition) is 2. The normalized spacial score (nSPS) is 11.8. The number of methoxy groups -OCH3 is 2. The zero-order chi connectivity index (χ0) is 18.5. The van der Waals surface area contributed by atoms with Gasteiger partial charge in [-0.05, 0) is 29.8 Å². The molecule has 2 heterocycles. The molecule has 0 bridgehead atoms. The highest BCUT2D eigenvalue weighted by atomic mass is 16.5. The summed E-state index contributed by atoms with van der Waals surface area (Å²) >= 11 is 0. The van der Waals surface area contributed by atoms with Crippen LogP contribution in [0.4, 0.5) is 0 Å². The van der Waals surface area contributed by atoms with Crippen molar-refractivity contribution in [3.8, 4) is 17.4 Å². The van der Waals surface area contributed by atoms with E-state index in [0.717, 1.165) is 5.39 Å². The molecule has 3 aromatic rings. The molecular weight excluding hydrogens is 338 g/mol. The van der Waals surface area contributed by atoms with Crippen LogP contribution >= 0.6 is 0 Å². The van der Waals surface area contributed by atoms with Crippen molar-refractivity contribution >= 4 is 16.9 Å². The van der Waals surface area contributed by atoms with Crippen molar-refractivity contribution in [1.29, 1.82) is 0 Å². The van der Waals surface area contributed by atoms with E-state index in [2.05, 4.69) is 9.97 Å². The lowest BCUT2D eigenvalue weighted by molar-refractivity contribution is -0.140. The molecule has 3 rings (SSSR count). The summed E-state index contributed by atoms with van der Waals surface area (Å²) in [5.74, 6) is 0.978. The molecule has 0 aliphatic heterocycles. The number of amides is 1. The lowest BCUT2D eigenvalue weighted by Crippen LogP contribution is -2.27. The third kappa shape index (κ3) is 3.56. The van der Waals surface area contributed by atoms with Gasteiger partial charge < -0.3 is 14.2 Å². The Kier molecular flexibility index (Phi) is 5.26. The molecular formula is C18H17N3O5. The van der Waals surface area contributed by atoms with Crippen LogP contribution in [-0.4, -0.2) is 35.3 Å². The number of hydrogen-bond acceptors (Lipinski definition) is 7. The summed E-state index contributed by atoms with van der Waals surface area (Å²) in [5, 5.41) is 9.50.